The lowest BCUT2D eigenvalue weighted by atomic mass is 9.97. The van der Waals surface area contributed by atoms with Crippen LogP contribution in [0.5, 0.6) is 5.75 Å². The molecule has 0 saturated carbocycles. The van der Waals surface area contributed by atoms with Crippen LogP contribution < -0.4 is 10.1 Å². The van der Waals surface area contributed by atoms with Crippen LogP contribution >= 0.6 is 0 Å². The number of benzene rings is 1. The molecule has 4 rings (SSSR count). The van der Waals surface area contributed by atoms with E-state index in [1.165, 1.54) is 0 Å². The van der Waals surface area contributed by atoms with Gasteiger partial charge in [0.2, 0.25) is 5.91 Å². The van der Waals surface area contributed by atoms with Gasteiger partial charge in [0, 0.05) is 24.7 Å². The number of nitrogens with one attached hydrogen (secondary N) is 1. The lowest BCUT2D eigenvalue weighted by molar-refractivity contribution is -0.116. The van der Waals surface area contributed by atoms with Crippen molar-refractivity contribution in [2.75, 3.05) is 31.6 Å². The highest BCUT2D eigenvalue weighted by molar-refractivity contribution is 5.90. The van der Waals surface area contributed by atoms with Gasteiger partial charge in [-0.2, -0.15) is 0 Å². The first-order valence-electron chi connectivity index (χ1n) is 10.5. The summed E-state index contributed by atoms with van der Waals surface area (Å²) in [5, 5.41) is 2.88. The predicted octanol–water partition coefficient (Wildman–Crippen LogP) is 3.83. The molecule has 154 valence electrons. The van der Waals surface area contributed by atoms with Gasteiger partial charge >= 0.3 is 0 Å². The topological polar surface area (TPSA) is 54.5 Å². The molecule has 0 radical (unpaired) electrons. The summed E-state index contributed by atoms with van der Waals surface area (Å²) in [7, 11) is 0. The number of aromatic nitrogens is 1. The molecule has 0 atom stereocenters. The Bertz CT molecular complexity index is 836. The zero-order valence-corrected chi connectivity index (χ0v) is 16.7. The summed E-state index contributed by atoms with van der Waals surface area (Å²) in [4.78, 5) is 18.4. The maximum absolute atomic E-state index is 13.9. The average Bonchev–Trinajstić information content (AvgIpc) is 3.24. The zero-order chi connectivity index (χ0) is 20.1. The van der Waals surface area contributed by atoms with Gasteiger partial charge in [-0.25, -0.2) is 4.39 Å². The van der Waals surface area contributed by atoms with Crippen LogP contribution in [0.4, 0.5) is 10.1 Å². The Labute approximate surface area is 171 Å². The van der Waals surface area contributed by atoms with E-state index in [1.54, 1.807) is 24.5 Å². The number of anilines is 1. The van der Waals surface area contributed by atoms with Crippen molar-refractivity contribution in [3.63, 3.8) is 0 Å². The molecule has 1 saturated heterocycles. The molecule has 29 heavy (non-hydrogen) atoms. The molecule has 2 aliphatic rings. The van der Waals surface area contributed by atoms with Gasteiger partial charge in [0.25, 0.3) is 0 Å². The van der Waals surface area contributed by atoms with Gasteiger partial charge in [0.15, 0.2) is 0 Å². The molecule has 1 aromatic heterocycles. The second-order valence-electron chi connectivity index (χ2n) is 7.99. The fourth-order valence-electron chi connectivity index (χ4n) is 4.27. The third-order valence-electron chi connectivity index (χ3n) is 5.97. The number of rotatable bonds is 7. The summed E-state index contributed by atoms with van der Waals surface area (Å²) in [6.07, 6.45) is 8.71. The molecular weight excluding hydrogens is 369 g/mol. The maximum Gasteiger partial charge on any atom is 0.225 e. The van der Waals surface area contributed by atoms with E-state index < -0.39 is 0 Å². The van der Waals surface area contributed by atoms with E-state index in [1.807, 2.05) is 12.1 Å². The summed E-state index contributed by atoms with van der Waals surface area (Å²) in [5.74, 6) is 1.31. The van der Waals surface area contributed by atoms with Gasteiger partial charge in [0.1, 0.15) is 11.6 Å². The van der Waals surface area contributed by atoms with Gasteiger partial charge in [-0.15, -0.1) is 0 Å². The first kappa shape index (κ1) is 19.8. The molecule has 5 nitrogen and oxygen atoms in total. The normalized spacial score (nSPS) is 17.1. The number of halogens is 1. The molecule has 0 bridgehead atoms. The number of carbonyl (C=O) groups is 1. The summed E-state index contributed by atoms with van der Waals surface area (Å²) < 4.78 is 20.0. The number of carbonyl (C=O) groups excluding carboxylic acids is 1. The minimum atomic E-state index is -0.0919. The Morgan fingerprint density at radius 1 is 1.21 bits per heavy atom. The van der Waals surface area contributed by atoms with Gasteiger partial charge in [-0.05, 0) is 80.9 Å². The van der Waals surface area contributed by atoms with Gasteiger partial charge < -0.3 is 15.0 Å². The van der Waals surface area contributed by atoms with Crippen LogP contribution in [0, 0.1) is 11.7 Å². The number of hydrogen-bond donors (Lipinski definition) is 1. The molecule has 1 aliphatic carbocycles. The number of ether oxygens (including phenoxy) is 1. The van der Waals surface area contributed by atoms with Crippen LogP contribution in [0.1, 0.15) is 36.8 Å². The van der Waals surface area contributed by atoms with Crippen molar-refractivity contribution in [2.24, 2.45) is 5.92 Å². The van der Waals surface area contributed by atoms with E-state index in [4.69, 9.17) is 4.74 Å². The number of nitrogens with zero attached hydrogens (tertiary/aromatic N) is 2. The van der Waals surface area contributed by atoms with E-state index >= 15 is 0 Å². The van der Waals surface area contributed by atoms with Crippen LogP contribution in [-0.4, -0.2) is 42.0 Å². The SMILES string of the molecule is O=C(CCN1CCC(COc2ccc(F)c3c2CCC3)CC1)Nc1cccnc1. The monoisotopic (exact) mass is 397 g/mol. The Morgan fingerprint density at radius 2 is 2.03 bits per heavy atom. The van der Waals surface area contributed by atoms with Crippen LogP contribution in [0.3, 0.4) is 0 Å². The number of piperidine rings is 1. The molecule has 6 heteroatoms. The highest BCUT2D eigenvalue weighted by Crippen LogP contribution is 2.33. The highest BCUT2D eigenvalue weighted by atomic mass is 19.1. The maximum atomic E-state index is 13.9. The van der Waals surface area contributed by atoms with Crippen LogP contribution in [-0.2, 0) is 17.6 Å². The van der Waals surface area contributed by atoms with Crippen molar-refractivity contribution < 1.29 is 13.9 Å². The van der Waals surface area contributed by atoms with Crippen molar-refractivity contribution >= 4 is 11.6 Å². The number of likely N-dealkylation sites (tertiary alicyclic amines) is 1. The lowest BCUT2D eigenvalue weighted by Gasteiger charge is -2.31. The van der Waals surface area contributed by atoms with E-state index in [-0.39, 0.29) is 11.7 Å². The molecule has 1 fully saturated rings. The molecular formula is C23H28FN3O2. The molecule has 0 spiro atoms. The highest BCUT2D eigenvalue weighted by Gasteiger charge is 2.23. The number of amides is 1. The number of fused-ring (bicyclic) bond motifs is 1. The van der Waals surface area contributed by atoms with Crippen molar-refractivity contribution in [2.45, 2.75) is 38.5 Å². The molecule has 1 aromatic carbocycles. The van der Waals surface area contributed by atoms with Gasteiger partial charge in [0.05, 0.1) is 18.5 Å². The average molecular weight is 397 g/mol. The first-order valence-corrected chi connectivity index (χ1v) is 10.5. The molecule has 2 heterocycles. The van der Waals surface area contributed by atoms with Gasteiger partial charge in [-0.3, -0.25) is 9.78 Å². The lowest BCUT2D eigenvalue weighted by Crippen LogP contribution is -2.37. The standard InChI is InChI=1S/C23H28FN3O2/c24-21-6-7-22(20-5-1-4-19(20)21)29-16-17-8-12-27(13-9-17)14-10-23(28)26-18-3-2-11-25-15-18/h2-3,6-7,11,15,17H,1,4-5,8-10,12-14,16H2,(H,26,28). The molecule has 1 aliphatic heterocycles. The van der Waals surface area contributed by atoms with Crippen molar-refractivity contribution in [1.82, 2.24) is 9.88 Å². The molecule has 0 unspecified atom stereocenters. The summed E-state index contributed by atoms with van der Waals surface area (Å²) in [6, 6.07) is 6.98. The Morgan fingerprint density at radius 3 is 2.83 bits per heavy atom. The quantitative estimate of drug-likeness (QED) is 0.772. The fraction of sp³-hybridized carbons (Fsp3) is 0.478. The van der Waals surface area contributed by atoms with Crippen LogP contribution in [0.15, 0.2) is 36.7 Å². The Balaban J connectivity index is 1.17. The zero-order valence-electron chi connectivity index (χ0n) is 16.7. The van der Waals surface area contributed by atoms with Crippen molar-refractivity contribution in [3.05, 3.63) is 53.6 Å². The Hall–Kier alpha value is -2.47. The van der Waals surface area contributed by atoms with Crippen molar-refractivity contribution in [1.29, 1.82) is 0 Å². The summed E-state index contributed by atoms with van der Waals surface area (Å²) in [6.45, 7) is 3.42. The Kier molecular flexibility index (Phi) is 6.39. The largest absolute Gasteiger partial charge is 0.493 e. The smallest absolute Gasteiger partial charge is 0.225 e. The minimum absolute atomic E-state index is 0.0219. The third-order valence-corrected chi connectivity index (χ3v) is 5.97. The molecule has 1 N–H and O–H groups in total. The second kappa shape index (κ2) is 9.35. The van der Waals surface area contributed by atoms with Crippen LogP contribution in [0.2, 0.25) is 0 Å². The van der Waals surface area contributed by atoms with E-state index in [9.17, 15) is 9.18 Å². The molecule has 1 amide bonds. The van der Waals surface area contributed by atoms with E-state index in [0.29, 0.717) is 18.9 Å². The van der Waals surface area contributed by atoms with E-state index in [0.717, 1.165) is 74.3 Å². The van der Waals surface area contributed by atoms with Gasteiger partial charge in [-0.1, -0.05) is 0 Å². The second-order valence-corrected chi connectivity index (χ2v) is 7.99. The first-order chi connectivity index (χ1) is 14.2. The number of hydrogen-bond acceptors (Lipinski definition) is 4. The third kappa shape index (κ3) is 5.12. The summed E-state index contributed by atoms with van der Waals surface area (Å²) >= 11 is 0. The van der Waals surface area contributed by atoms with E-state index in [2.05, 4.69) is 15.2 Å². The fourth-order valence-corrected chi connectivity index (χ4v) is 4.27. The molecule has 2 aromatic rings. The minimum Gasteiger partial charge on any atom is -0.493 e. The number of pyridine rings is 1. The van der Waals surface area contributed by atoms with Crippen molar-refractivity contribution in [3.8, 4) is 5.75 Å². The summed E-state index contributed by atoms with van der Waals surface area (Å²) in [5.41, 5.74) is 2.66. The van der Waals surface area contributed by atoms with Crippen LogP contribution in [0.25, 0.3) is 0 Å². The predicted molar refractivity (Wildman–Crippen MR) is 111 cm³/mol.